The Kier molecular flexibility index (Phi) is 6.24. The van der Waals surface area contributed by atoms with Gasteiger partial charge in [-0.25, -0.2) is 9.37 Å². The lowest BCUT2D eigenvalue weighted by Gasteiger charge is -2.23. The van der Waals surface area contributed by atoms with Crippen LogP contribution < -0.4 is 14.4 Å². The number of ketones is 1. The van der Waals surface area contributed by atoms with Crippen molar-refractivity contribution in [2.75, 3.05) is 4.90 Å². The molecule has 0 aliphatic carbocycles. The molecule has 0 unspecified atom stereocenters. The largest absolute Gasteiger partial charge is 0.507 e. The molecule has 2 aliphatic heterocycles. The van der Waals surface area contributed by atoms with E-state index in [1.807, 2.05) is 37.3 Å². The van der Waals surface area contributed by atoms with Crippen molar-refractivity contribution in [2.45, 2.75) is 25.5 Å². The van der Waals surface area contributed by atoms with Gasteiger partial charge in [-0.1, -0.05) is 41.7 Å². The van der Waals surface area contributed by atoms with Gasteiger partial charge in [0.2, 0.25) is 0 Å². The van der Waals surface area contributed by atoms with Gasteiger partial charge in [0.05, 0.1) is 21.8 Å². The third-order valence-electron chi connectivity index (χ3n) is 7.31. The molecule has 1 fully saturated rings. The minimum Gasteiger partial charge on any atom is -0.507 e. The van der Waals surface area contributed by atoms with Crippen LogP contribution in [0.15, 0.2) is 96.6 Å². The summed E-state index contributed by atoms with van der Waals surface area (Å²) in [5.41, 5.74) is 2.26. The number of thiazole rings is 1. The number of rotatable bonds is 5. The number of hydrogen-bond donors (Lipinski definition) is 1. The molecule has 1 aromatic heterocycles. The first kappa shape index (κ1) is 25.9. The van der Waals surface area contributed by atoms with E-state index in [0.29, 0.717) is 39.3 Å². The highest BCUT2D eigenvalue weighted by Crippen LogP contribution is 2.45. The zero-order valence-corrected chi connectivity index (χ0v) is 23.1. The maximum atomic E-state index is 14.0. The van der Waals surface area contributed by atoms with Gasteiger partial charge in [-0.2, -0.15) is 0 Å². The highest BCUT2D eigenvalue weighted by atomic mass is 32.1. The molecule has 1 amide bonds. The zero-order chi connectivity index (χ0) is 29.0. The number of carbonyl (C=O) groups is 2. The molecule has 0 spiro atoms. The molecule has 1 saturated heterocycles. The number of amides is 1. The SMILES string of the molecule is C[C@H]1Cc2cc(/C(O)=C3\C(=O)C(=O)N(c4nc5ccc(F)cc5s4)[C@H]3c3cccc(Oc4ccccc4)c3)ccc2O1. The van der Waals surface area contributed by atoms with Gasteiger partial charge in [0.25, 0.3) is 5.78 Å². The molecule has 7 rings (SSSR count). The number of nitrogens with zero attached hydrogens (tertiary/aromatic N) is 2. The van der Waals surface area contributed by atoms with Crippen LogP contribution in [-0.4, -0.2) is 27.9 Å². The Hall–Kier alpha value is -5.02. The van der Waals surface area contributed by atoms with Gasteiger partial charge in [-0.15, -0.1) is 0 Å². The van der Waals surface area contributed by atoms with E-state index in [1.165, 1.54) is 23.1 Å². The van der Waals surface area contributed by atoms with Gasteiger partial charge >= 0.3 is 5.91 Å². The van der Waals surface area contributed by atoms with Crippen molar-refractivity contribution in [3.8, 4) is 17.2 Å². The average molecular weight is 579 g/mol. The molecule has 208 valence electrons. The second kappa shape index (κ2) is 10.1. The summed E-state index contributed by atoms with van der Waals surface area (Å²) in [6.45, 7) is 1.96. The molecule has 4 aromatic carbocycles. The van der Waals surface area contributed by atoms with Crippen molar-refractivity contribution in [1.82, 2.24) is 4.98 Å². The molecule has 42 heavy (non-hydrogen) atoms. The minimum absolute atomic E-state index is 0.000738. The smallest absolute Gasteiger partial charge is 0.301 e. The van der Waals surface area contributed by atoms with Crippen molar-refractivity contribution < 1.29 is 28.6 Å². The van der Waals surface area contributed by atoms with Crippen molar-refractivity contribution in [1.29, 1.82) is 0 Å². The number of fused-ring (bicyclic) bond motifs is 2. The molecule has 2 aliphatic rings. The van der Waals surface area contributed by atoms with E-state index < -0.39 is 23.5 Å². The van der Waals surface area contributed by atoms with E-state index in [9.17, 15) is 19.1 Å². The second-order valence-electron chi connectivity index (χ2n) is 10.2. The van der Waals surface area contributed by atoms with Crippen LogP contribution in [0.25, 0.3) is 16.0 Å². The molecule has 0 radical (unpaired) electrons. The third-order valence-corrected chi connectivity index (χ3v) is 8.33. The molecule has 7 nitrogen and oxygen atoms in total. The minimum atomic E-state index is -1.02. The lowest BCUT2D eigenvalue weighted by atomic mass is 9.94. The maximum Gasteiger partial charge on any atom is 0.301 e. The normalized spacial score (nSPS) is 19.2. The van der Waals surface area contributed by atoms with E-state index >= 15 is 0 Å². The quantitative estimate of drug-likeness (QED) is 0.135. The van der Waals surface area contributed by atoms with Crippen LogP contribution in [0.5, 0.6) is 17.2 Å². The summed E-state index contributed by atoms with van der Waals surface area (Å²) >= 11 is 1.10. The fourth-order valence-electron chi connectivity index (χ4n) is 5.43. The van der Waals surface area contributed by atoms with Crippen LogP contribution in [0.2, 0.25) is 0 Å². The summed E-state index contributed by atoms with van der Waals surface area (Å²) in [4.78, 5) is 33.2. The van der Waals surface area contributed by atoms with Crippen LogP contribution in [0, 0.1) is 5.82 Å². The number of Topliss-reactive ketones (excluding diaryl/α,β-unsaturated/α-hetero) is 1. The Balaban J connectivity index is 1.38. The Labute approximate surface area is 244 Å². The molecule has 3 heterocycles. The van der Waals surface area contributed by atoms with Crippen LogP contribution in [-0.2, 0) is 16.0 Å². The lowest BCUT2D eigenvalue weighted by Crippen LogP contribution is -2.29. The summed E-state index contributed by atoms with van der Waals surface area (Å²) in [7, 11) is 0. The van der Waals surface area contributed by atoms with Crippen molar-refractivity contribution in [3.05, 3.63) is 119 Å². The Bertz CT molecular complexity index is 1920. The Morgan fingerprint density at radius 2 is 1.81 bits per heavy atom. The van der Waals surface area contributed by atoms with Crippen LogP contribution in [0.3, 0.4) is 0 Å². The van der Waals surface area contributed by atoms with Gasteiger partial charge in [-0.3, -0.25) is 14.5 Å². The number of anilines is 1. The molecule has 9 heteroatoms. The van der Waals surface area contributed by atoms with Gasteiger partial charge in [0, 0.05) is 12.0 Å². The summed E-state index contributed by atoms with van der Waals surface area (Å²) in [5.74, 6) is -0.591. The van der Waals surface area contributed by atoms with Gasteiger partial charge < -0.3 is 14.6 Å². The maximum absolute atomic E-state index is 14.0. The van der Waals surface area contributed by atoms with Gasteiger partial charge in [0.1, 0.15) is 34.9 Å². The fourth-order valence-corrected chi connectivity index (χ4v) is 6.45. The highest BCUT2D eigenvalue weighted by Gasteiger charge is 2.48. The van der Waals surface area contributed by atoms with Crippen molar-refractivity contribution in [2.24, 2.45) is 0 Å². The van der Waals surface area contributed by atoms with Crippen molar-refractivity contribution in [3.63, 3.8) is 0 Å². The number of aliphatic hydroxyl groups is 1. The molecule has 5 aromatic rings. The van der Waals surface area contributed by atoms with E-state index in [1.54, 1.807) is 42.5 Å². The number of ether oxygens (including phenoxy) is 2. The molecule has 2 atom stereocenters. The highest BCUT2D eigenvalue weighted by molar-refractivity contribution is 7.22. The summed E-state index contributed by atoms with van der Waals surface area (Å²) in [6.07, 6.45) is 0.661. The number of aliphatic hydroxyl groups excluding tert-OH is 1. The molecule has 0 bridgehead atoms. The Morgan fingerprint density at radius 3 is 2.64 bits per heavy atom. The average Bonchev–Trinajstić information content (AvgIpc) is 3.65. The first-order valence-electron chi connectivity index (χ1n) is 13.4. The number of benzene rings is 4. The van der Waals surface area contributed by atoms with Crippen LogP contribution in [0.1, 0.15) is 29.7 Å². The van der Waals surface area contributed by atoms with Crippen LogP contribution >= 0.6 is 11.3 Å². The summed E-state index contributed by atoms with van der Waals surface area (Å²) < 4.78 is 26.3. The standard InChI is InChI=1S/C33H23FN2O5S/c1-18-14-21-15-20(10-13-26(21)40-18)30(37)28-29(19-6-5-9-24(16-19)41-23-7-3-2-4-8-23)36(32(39)31(28)38)33-35-25-12-11-22(34)17-27(25)42-33/h2-13,15-18,29,37H,14H2,1H3/b30-28+/t18-,29-/m0/s1. The first-order valence-corrected chi connectivity index (χ1v) is 14.2. The first-order chi connectivity index (χ1) is 20.4. The van der Waals surface area contributed by atoms with Gasteiger partial charge in [0.15, 0.2) is 5.13 Å². The summed E-state index contributed by atoms with van der Waals surface area (Å²) in [6, 6.07) is 24.6. The lowest BCUT2D eigenvalue weighted by molar-refractivity contribution is -0.132. The second-order valence-corrected chi connectivity index (χ2v) is 11.2. The molecular formula is C33H23FN2O5S. The van der Waals surface area contributed by atoms with E-state index in [-0.39, 0.29) is 22.6 Å². The monoisotopic (exact) mass is 578 g/mol. The third kappa shape index (κ3) is 4.48. The van der Waals surface area contributed by atoms with E-state index in [0.717, 1.165) is 22.6 Å². The van der Waals surface area contributed by atoms with Gasteiger partial charge in [-0.05, 0) is 78.7 Å². The predicted octanol–water partition coefficient (Wildman–Crippen LogP) is 7.18. The summed E-state index contributed by atoms with van der Waals surface area (Å²) in [5, 5.41) is 11.8. The Morgan fingerprint density at radius 1 is 1.00 bits per heavy atom. The van der Waals surface area contributed by atoms with E-state index in [2.05, 4.69) is 4.98 Å². The van der Waals surface area contributed by atoms with Crippen LogP contribution in [0.4, 0.5) is 9.52 Å². The molecule has 1 N–H and O–H groups in total. The molecule has 0 saturated carbocycles. The number of halogens is 1. The number of hydrogen-bond acceptors (Lipinski definition) is 7. The number of carbonyl (C=O) groups excluding carboxylic acids is 2. The zero-order valence-electron chi connectivity index (χ0n) is 22.3. The van der Waals surface area contributed by atoms with Crippen molar-refractivity contribution >= 4 is 44.1 Å². The fraction of sp³-hybridized carbons (Fsp3) is 0.121. The van der Waals surface area contributed by atoms with E-state index in [4.69, 9.17) is 9.47 Å². The predicted molar refractivity (Wildman–Crippen MR) is 158 cm³/mol. The molecular weight excluding hydrogens is 555 g/mol. The number of aromatic nitrogens is 1. The number of para-hydroxylation sites is 1. The topological polar surface area (TPSA) is 89.0 Å².